The van der Waals surface area contributed by atoms with Gasteiger partial charge >= 0.3 is 5.97 Å². The van der Waals surface area contributed by atoms with Crippen molar-refractivity contribution in [1.29, 1.82) is 0 Å². The van der Waals surface area contributed by atoms with Gasteiger partial charge in [0.2, 0.25) is 0 Å². The Kier molecular flexibility index (Phi) is 3.49. The predicted octanol–water partition coefficient (Wildman–Crippen LogP) is 1.56. The monoisotopic (exact) mass is 233 g/mol. The Morgan fingerprint density at radius 2 is 2.29 bits per heavy atom. The lowest BCUT2D eigenvalue weighted by molar-refractivity contribution is -0.137. The highest BCUT2D eigenvalue weighted by Crippen LogP contribution is 2.22. The molecule has 0 aliphatic heterocycles. The van der Waals surface area contributed by atoms with Gasteiger partial charge in [-0.1, -0.05) is 11.6 Å². The zero-order valence-corrected chi connectivity index (χ0v) is 8.93. The summed E-state index contributed by atoms with van der Waals surface area (Å²) in [5, 5.41) is 10.5. The minimum atomic E-state index is -1.05. The first kappa shape index (κ1) is 11.0. The number of hydrogen-bond acceptors (Lipinski definition) is 3. The van der Waals surface area contributed by atoms with Crippen molar-refractivity contribution in [2.24, 2.45) is 0 Å². The molecule has 1 amide bonds. The maximum atomic E-state index is 11.6. The molecule has 1 aromatic heterocycles. The van der Waals surface area contributed by atoms with Crippen LogP contribution in [0, 0.1) is 0 Å². The topological polar surface area (TPSA) is 57.6 Å². The van der Waals surface area contributed by atoms with Gasteiger partial charge in [-0.15, -0.1) is 11.3 Å². The quantitative estimate of drug-likeness (QED) is 0.862. The summed E-state index contributed by atoms with van der Waals surface area (Å²) in [5.74, 6) is -1.42. The number of carboxylic acid groups (broad SMARTS) is 1. The van der Waals surface area contributed by atoms with Crippen molar-refractivity contribution in [3.8, 4) is 0 Å². The Labute approximate surface area is 89.7 Å². The minimum absolute atomic E-state index is 0.326. The van der Waals surface area contributed by atoms with Gasteiger partial charge in [0.15, 0.2) is 0 Å². The standard InChI is InChI=1S/C8H8ClNO3S/c1-10(4-6(11)12)8(13)7-5(9)2-3-14-7/h2-3H,4H2,1H3,(H,11,12). The van der Waals surface area contributed by atoms with Crippen LogP contribution in [-0.4, -0.2) is 35.5 Å². The molecule has 0 aromatic carbocycles. The second kappa shape index (κ2) is 4.43. The number of amides is 1. The number of carboxylic acids is 1. The third-order valence-electron chi connectivity index (χ3n) is 1.53. The summed E-state index contributed by atoms with van der Waals surface area (Å²) < 4.78 is 0. The van der Waals surface area contributed by atoms with Crippen LogP contribution in [-0.2, 0) is 4.79 Å². The number of carbonyl (C=O) groups is 2. The van der Waals surface area contributed by atoms with Crippen LogP contribution in [0.5, 0.6) is 0 Å². The third-order valence-corrected chi connectivity index (χ3v) is 2.86. The summed E-state index contributed by atoms with van der Waals surface area (Å²) in [5.41, 5.74) is 0. The van der Waals surface area contributed by atoms with Crippen molar-refractivity contribution in [3.63, 3.8) is 0 Å². The van der Waals surface area contributed by atoms with E-state index in [1.165, 1.54) is 18.4 Å². The van der Waals surface area contributed by atoms with Crippen LogP contribution in [0.1, 0.15) is 9.67 Å². The molecule has 0 bridgehead atoms. The van der Waals surface area contributed by atoms with Crippen LogP contribution in [0.15, 0.2) is 11.4 Å². The Bertz CT molecular complexity index is 363. The molecule has 0 saturated carbocycles. The fourth-order valence-electron chi connectivity index (χ4n) is 0.894. The number of carbonyl (C=O) groups excluding carboxylic acids is 1. The van der Waals surface area contributed by atoms with Gasteiger partial charge in [-0.3, -0.25) is 9.59 Å². The van der Waals surface area contributed by atoms with Crippen molar-refractivity contribution < 1.29 is 14.7 Å². The number of thiophene rings is 1. The molecule has 76 valence electrons. The number of likely N-dealkylation sites (N-methyl/N-ethyl adjacent to an activating group) is 1. The summed E-state index contributed by atoms with van der Waals surface area (Å²) in [6, 6.07) is 1.61. The van der Waals surface area contributed by atoms with Crippen LogP contribution in [0.3, 0.4) is 0 Å². The number of nitrogens with zero attached hydrogens (tertiary/aromatic N) is 1. The molecule has 0 fully saturated rings. The van der Waals surface area contributed by atoms with Gasteiger partial charge in [0, 0.05) is 7.05 Å². The Hall–Kier alpha value is -1.07. The van der Waals surface area contributed by atoms with E-state index in [2.05, 4.69) is 0 Å². The van der Waals surface area contributed by atoms with E-state index in [-0.39, 0.29) is 12.5 Å². The van der Waals surface area contributed by atoms with E-state index >= 15 is 0 Å². The van der Waals surface area contributed by atoms with Gasteiger partial charge in [0.1, 0.15) is 11.4 Å². The number of hydrogen-bond donors (Lipinski definition) is 1. The normalized spacial score (nSPS) is 9.86. The molecule has 0 radical (unpaired) electrons. The molecule has 1 aromatic rings. The Balaban J connectivity index is 2.76. The van der Waals surface area contributed by atoms with Crippen LogP contribution >= 0.6 is 22.9 Å². The molecule has 4 nitrogen and oxygen atoms in total. The van der Waals surface area contributed by atoms with Crippen LogP contribution in [0.2, 0.25) is 5.02 Å². The summed E-state index contributed by atoms with van der Waals surface area (Å²) in [6.07, 6.45) is 0. The van der Waals surface area contributed by atoms with Crippen LogP contribution in [0.4, 0.5) is 0 Å². The van der Waals surface area contributed by atoms with Crippen molar-refractivity contribution in [2.75, 3.05) is 13.6 Å². The number of aliphatic carboxylic acids is 1. The molecule has 0 spiro atoms. The fourth-order valence-corrected chi connectivity index (χ4v) is 2.02. The summed E-state index contributed by atoms with van der Waals surface area (Å²) >= 11 is 6.93. The lowest BCUT2D eigenvalue weighted by Crippen LogP contribution is -2.31. The lowest BCUT2D eigenvalue weighted by atomic mass is 10.4. The van der Waals surface area contributed by atoms with Gasteiger partial charge in [0.05, 0.1) is 5.02 Å². The predicted molar refractivity (Wildman–Crippen MR) is 53.9 cm³/mol. The zero-order chi connectivity index (χ0) is 10.7. The highest BCUT2D eigenvalue weighted by molar-refractivity contribution is 7.12. The Morgan fingerprint density at radius 1 is 1.64 bits per heavy atom. The highest BCUT2D eigenvalue weighted by atomic mass is 35.5. The molecule has 0 saturated heterocycles. The number of halogens is 1. The maximum Gasteiger partial charge on any atom is 0.323 e. The first-order chi connectivity index (χ1) is 6.52. The van der Waals surface area contributed by atoms with Crippen molar-refractivity contribution >= 4 is 34.8 Å². The highest BCUT2D eigenvalue weighted by Gasteiger charge is 2.17. The Morgan fingerprint density at radius 3 is 2.71 bits per heavy atom. The van der Waals surface area contributed by atoms with Crippen LogP contribution < -0.4 is 0 Å². The van der Waals surface area contributed by atoms with E-state index in [0.29, 0.717) is 9.90 Å². The molecule has 1 heterocycles. The molecule has 0 unspecified atom stereocenters. The molecule has 0 aliphatic carbocycles. The molecule has 6 heteroatoms. The van der Waals surface area contributed by atoms with Gasteiger partial charge < -0.3 is 10.0 Å². The summed E-state index contributed by atoms with van der Waals surface area (Å²) in [7, 11) is 1.42. The average Bonchev–Trinajstić information content (AvgIpc) is 2.48. The van der Waals surface area contributed by atoms with Gasteiger partial charge in [-0.05, 0) is 11.4 Å². The second-order valence-electron chi connectivity index (χ2n) is 2.65. The summed E-state index contributed by atoms with van der Waals surface area (Å²) in [6.45, 7) is -0.326. The average molecular weight is 234 g/mol. The van der Waals surface area contributed by atoms with E-state index in [1.807, 2.05) is 0 Å². The second-order valence-corrected chi connectivity index (χ2v) is 3.98. The van der Waals surface area contributed by atoms with Gasteiger partial charge in [-0.2, -0.15) is 0 Å². The van der Waals surface area contributed by atoms with E-state index in [4.69, 9.17) is 16.7 Å². The maximum absolute atomic E-state index is 11.6. The van der Waals surface area contributed by atoms with Crippen LogP contribution in [0.25, 0.3) is 0 Å². The van der Waals surface area contributed by atoms with Gasteiger partial charge in [0.25, 0.3) is 5.91 Å². The zero-order valence-electron chi connectivity index (χ0n) is 7.36. The largest absolute Gasteiger partial charge is 0.480 e. The van der Waals surface area contributed by atoms with Crippen molar-refractivity contribution in [3.05, 3.63) is 21.3 Å². The molecule has 0 aliphatic rings. The lowest BCUT2D eigenvalue weighted by Gasteiger charge is -2.13. The van der Waals surface area contributed by atoms with Crippen molar-refractivity contribution in [2.45, 2.75) is 0 Å². The van der Waals surface area contributed by atoms with E-state index < -0.39 is 5.97 Å². The molecular formula is C8H8ClNO3S. The molecule has 14 heavy (non-hydrogen) atoms. The smallest absolute Gasteiger partial charge is 0.323 e. The molecule has 0 atom stereocenters. The first-order valence-electron chi connectivity index (χ1n) is 3.72. The molecule has 1 rings (SSSR count). The van der Waals surface area contributed by atoms with Crippen molar-refractivity contribution in [1.82, 2.24) is 4.90 Å². The van der Waals surface area contributed by atoms with Gasteiger partial charge in [-0.25, -0.2) is 0 Å². The number of rotatable bonds is 3. The fraction of sp³-hybridized carbons (Fsp3) is 0.250. The third kappa shape index (κ3) is 2.46. The summed E-state index contributed by atoms with van der Waals surface area (Å²) in [4.78, 5) is 23.4. The SMILES string of the molecule is CN(CC(=O)O)C(=O)c1sccc1Cl. The van der Waals surface area contributed by atoms with E-state index in [0.717, 1.165) is 4.90 Å². The van der Waals surface area contributed by atoms with E-state index in [1.54, 1.807) is 11.4 Å². The molecule has 1 N–H and O–H groups in total. The van der Waals surface area contributed by atoms with E-state index in [9.17, 15) is 9.59 Å². The minimum Gasteiger partial charge on any atom is -0.480 e. The molecular weight excluding hydrogens is 226 g/mol. The first-order valence-corrected chi connectivity index (χ1v) is 4.98.